The molecule has 54 heavy (non-hydrogen) atoms. The van der Waals surface area contributed by atoms with Crippen molar-refractivity contribution in [3.63, 3.8) is 0 Å². The molecule has 0 aliphatic heterocycles. The second kappa shape index (κ2) is 12.1. The van der Waals surface area contributed by atoms with Crippen molar-refractivity contribution in [3.05, 3.63) is 194 Å². The molecule has 0 saturated heterocycles. The standard InChI is InChI=1S/C50H32N4/c1-4-14-33(15-5-1)36-26-29-42-41(32-36)49(34-16-6-2-7-17-34)52-50(51-42)35-24-27-38(28-25-35)54-44-23-13-11-21-40(44)48-46(54)31-30-45-47(48)39-20-10-12-22-43(39)53(45)37-18-8-3-9-19-37/h1-32H. The Hall–Kier alpha value is -7.30. The maximum Gasteiger partial charge on any atom is 0.160 e. The van der Waals surface area contributed by atoms with Gasteiger partial charge in [-0.25, -0.2) is 9.97 Å². The number of aromatic nitrogens is 4. The molecule has 0 atom stereocenters. The van der Waals surface area contributed by atoms with Crippen LogP contribution in [0.25, 0.3) is 99.7 Å². The lowest BCUT2D eigenvalue weighted by atomic mass is 10.00. The summed E-state index contributed by atoms with van der Waals surface area (Å²) in [6.45, 7) is 0. The van der Waals surface area contributed by atoms with Crippen LogP contribution in [0, 0.1) is 0 Å². The molecule has 0 spiro atoms. The van der Waals surface area contributed by atoms with E-state index < -0.39 is 0 Å². The van der Waals surface area contributed by atoms with Crippen LogP contribution in [0.3, 0.4) is 0 Å². The van der Waals surface area contributed by atoms with E-state index in [2.05, 4.69) is 191 Å². The summed E-state index contributed by atoms with van der Waals surface area (Å²) in [6, 6.07) is 68.9. The van der Waals surface area contributed by atoms with Crippen molar-refractivity contribution in [2.45, 2.75) is 0 Å². The third kappa shape index (κ3) is 4.70. The van der Waals surface area contributed by atoms with E-state index in [9.17, 15) is 0 Å². The Morgan fingerprint density at radius 3 is 1.43 bits per heavy atom. The SMILES string of the molecule is c1ccc(-c2ccc3nc(-c4ccc(-n5c6ccccc6c6c7c8ccccc8n(-c8ccccc8)c7ccc65)cc4)nc(-c4ccccc4)c3c2)cc1. The van der Waals surface area contributed by atoms with Gasteiger partial charge in [0.05, 0.1) is 33.3 Å². The van der Waals surface area contributed by atoms with Crippen LogP contribution in [0.15, 0.2) is 194 Å². The van der Waals surface area contributed by atoms with Crippen molar-refractivity contribution in [2.24, 2.45) is 0 Å². The summed E-state index contributed by atoms with van der Waals surface area (Å²) in [5.74, 6) is 0.706. The molecule has 0 fully saturated rings. The van der Waals surface area contributed by atoms with E-state index >= 15 is 0 Å². The third-order valence-electron chi connectivity index (χ3n) is 10.7. The molecule has 0 N–H and O–H groups in total. The quantitative estimate of drug-likeness (QED) is 0.180. The Kier molecular flexibility index (Phi) is 6.82. The van der Waals surface area contributed by atoms with E-state index in [0.29, 0.717) is 5.82 Å². The largest absolute Gasteiger partial charge is 0.309 e. The van der Waals surface area contributed by atoms with Gasteiger partial charge in [0.15, 0.2) is 5.82 Å². The van der Waals surface area contributed by atoms with Crippen LogP contribution in [0.1, 0.15) is 0 Å². The van der Waals surface area contributed by atoms with Gasteiger partial charge in [0, 0.05) is 49.4 Å². The van der Waals surface area contributed by atoms with Crippen molar-refractivity contribution >= 4 is 54.5 Å². The number of rotatable bonds is 5. The molecular weight excluding hydrogens is 657 g/mol. The second-order valence-corrected chi connectivity index (χ2v) is 13.8. The number of fused-ring (bicyclic) bond motifs is 8. The van der Waals surface area contributed by atoms with E-state index in [1.54, 1.807) is 0 Å². The van der Waals surface area contributed by atoms with Gasteiger partial charge < -0.3 is 9.13 Å². The second-order valence-electron chi connectivity index (χ2n) is 13.8. The molecule has 0 amide bonds. The van der Waals surface area contributed by atoms with Gasteiger partial charge in [0.1, 0.15) is 0 Å². The van der Waals surface area contributed by atoms with Crippen molar-refractivity contribution in [1.29, 1.82) is 0 Å². The lowest BCUT2D eigenvalue weighted by Gasteiger charge is -2.12. The zero-order valence-electron chi connectivity index (χ0n) is 29.3. The zero-order chi connectivity index (χ0) is 35.6. The van der Waals surface area contributed by atoms with Gasteiger partial charge >= 0.3 is 0 Å². The molecule has 11 rings (SSSR count). The molecule has 8 aromatic carbocycles. The van der Waals surface area contributed by atoms with E-state index in [1.165, 1.54) is 49.2 Å². The van der Waals surface area contributed by atoms with Crippen LogP contribution < -0.4 is 0 Å². The van der Waals surface area contributed by atoms with Crippen LogP contribution in [0.5, 0.6) is 0 Å². The third-order valence-corrected chi connectivity index (χ3v) is 10.7. The Morgan fingerprint density at radius 1 is 0.315 bits per heavy atom. The summed E-state index contributed by atoms with van der Waals surface area (Å²) in [5.41, 5.74) is 13.2. The van der Waals surface area contributed by atoms with E-state index in [-0.39, 0.29) is 0 Å². The van der Waals surface area contributed by atoms with E-state index in [4.69, 9.17) is 9.97 Å². The number of para-hydroxylation sites is 3. The van der Waals surface area contributed by atoms with Gasteiger partial charge in [-0.3, -0.25) is 0 Å². The van der Waals surface area contributed by atoms with Crippen LogP contribution in [0.2, 0.25) is 0 Å². The zero-order valence-corrected chi connectivity index (χ0v) is 29.3. The number of hydrogen-bond acceptors (Lipinski definition) is 2. The summed E-state index contributed by atoms with van der Waals surface area (Å²) < 4.78 is 4.78. The van der Waals surface area contributed by atoms with Gasteiger partial charge in [-0.05, 0) is 83.9 Å². The molecule has 4 heteroatoms. The number of nitrogens with zero attached hydrogens (tertiary/aromatic N) is 4. The topological polar surface area (TPSA) is 35.6 Å². The Labute approximate surface area is 311 Å². The summed E-state index contributed by atoms with van der Waals surface area (Å²) in [4.78, 5) is 10.4. The fraction of sp³-hybridized carbons (Fsp3) is 0. The van der Waals surface area contributed by atoms with E-state index in [0.717, 1.165) is 44.7 Å². The first-order valence-corrected chi connectivity index (χ1v) is 18.3. The summed E-state index contributed by atoms with van der Waals surface area (Å²) in [5, 5.41) is 6.05. The minimum atomic E-state index is 0.706. The fourth-order valence-corrected chi connectivity index (χ4v) is 8.29. The maximum absolute atomic E-state index is 5.24. The highest BCUT2D eigenvalue weighted by molar-refractivity contribution is 6.28. The highest BCUT2D eigenvalue weighted by Gasteiger charge is 2.20. The van der Waals surface area contributed by atoms with Crippen LogP contribution >= 0.6 is 0 Å². The van der Waals surface area contributed by atoms with Gasteiger partial charge in [-0.1, -0.05) is 121 Å². The first-order chi connectivity index (χ1) is 26.8. The summed E-state index contributed by atoms with van der Waals surface area (Å²) in [7, 11) is 0. The molecule has 11 aromatic rings. The van der Waals surface area contributed by atoms with Gasteiger partial charge in [0.25, 0.3) is 0 Å². The molecule has 0 saturated carbocycles. The van der Waals surface area contributed by atoms with Crippen LogP contribution in [-0.4, -0.2) is 19.1 Å². The number of hydrogen-bond donors (Lipinski definition) is 0. The Morgan fingerprint density at radius 2 is 0.815 bits per heavy atom. The molecule has 3 heterocycles. The predicted molar refractivity (Wildman–Crippen MR) is 225 cm³/mol. The molecule has 0 aliphatic rings. The Bertz CT molecular complexity index is 3180. The van der Waals surface area contributed by atoms with Crippen LogP contribution in [0.4, 0.5) is 0 Å². The minimum Gasteiger partial charge on any atom is -0.309 e. The predicted octanol–water partition coefficient (Wildman–Crippen LogP) is 12.8. The van der Waals surface area contributed by atoms with Gasteiger partial charge in [-0.2, -0.15) is 0 Å². The highest BCUT2D eigenvalue weighted by Crippen LogP contribution is 2.42. The average molecular weight is 689 g/mol. The minimum absolute atomic E-state index is 0.706. The summed E-state index contributed by atoms with van der Waals surface area (Å²) in [6.07, 6.45) is 0. The molecule has 4 nitrogen and oxygen atoms in total. The normalized spacial score (nSPS) is 11.7. The van der Waals surface area contributed by atoms with Gasteiger partial charge in [-0.15, -0.1) is 0 Å². The maximum atomic E-state index is 5.24. The van der Waals surface area contributed by atoms with E-state index in [1.807, 2.05) is 12.1 Å². The highest BCUT2D eigenvalue weighted by atomic mass is 15.0. The first kappa shape index (κ1) is 30.3. The molecule has 3 aromatic heterocycles. The first-order valence-electron chi connectivity index (χ1n) is 18.3. The molecular formula is C50H32N4. The van der Waals surface area contributed by atoms with Crippen molar-refractivity contribution in [1.82, 2.24) is 19.1 Å². The molecule has 0 bridgehead atoms. The number of benzene rings is 8. The molecule has 0 aliphatic carbocycles. The lowest BCUT2D eigenvalue weighted by molar-refractivity contribution is 1.17. The van der Waals surface area contributed by atoms with Crippen molar-refractivity contribution in [3.8, 4) is 45.1 Å². The molecule has 252 valence electrons. The monoisotopic (exact) mass is 688 g/mol. The van der Waals surface area contributed by atoms with Crippen LogP contribution in [-0.2, 0) is 0 Å². The summed E-state index contributed by atoms with van der Waals surface area (Å²) >= 11 is 0. The van der Waals surface area contributed by atoms with Crippen molar-refractivity contribution < 1.29 is 0 Å². The fourth-order valence-electron chi connectivity index (χ4n) is 8.29. The lowest BCUT2D eigenvalue weighted by Crippen LogP contribution is -1.97. The van der Waals surface area contributed by atoms with Crippen molar-refractivity contribution in [2.75, 3.05) is 0 Å². The Balaban J connectivity index is 1.08. The molecule has 0 radical (unpaired) electrons. The average Bonchev–Trinajstić information content (AvgIpc) is 3.77. The van der Waals surface area contributed by atoms with Gasteiger partial charge in [0.2, 0.25) is 0 Å². The molecule has 0 unspecified atom stereocenters. The smallest absolute Gasteiger partial charge is 0.160 e.